The molecule has 4 heteroatoms. The molecule has 0 radical (unpaired) electrons. The van der Waals surface area contributed by atoms with Gasteiger partial charge in [-0.15, -0.1) is 11.3 Å². The zero-order valence-corrected chi connectivity index (χ0v) is 13.8. The number of hydrogen-bond acceptors (Lipinski definition) is 3. The van der Waals surface area contributed by atoms with E-state index in [1.165, 1.54) is 0 Å². The Balaban J connectivity index is 2.27. The van der Waals surface area contributed by atoms with Gasteiger partial charge in [0.25, 0.3) is 0 Å². The highest BCUT2D eigenvalue weighted by Crippen LogP contribution is 2.32. The van der Waals surface area contributed by atoms with E-state index in [9.17, 15) is 0 Å². The molecule has 0 amide bonds. The molecule has 0 fully saturated rings. The van der Waals surface area contributed by atoms with Crippen molar-refractivity contribution in [3.8, 4) is 11.3 Å². The summed E-state index contributed by atoms with van der Waals surface area (Å²) in [5.74, 6) is 0.432. The molecule has 1 heterocycles. The summed E-state index contributed by atoms with van der Waals surface area (Å²) in [5, 5.41) is 3.16. The molecule has 2 nitrogen and oxygen atoms in total. The van der Waals surface area contributed by atoms with Crippen molar-refractivity contribution in [2.24, 2.45) is 5.92 Å². The van der Waals surface area contributed by atoms with E-state index in [1.54, 1.807) is 11.3 Å². The molecule has 102 valence electrons. The minimum atomic E-state index is 0.0934. The van der Waals surface area contributed by atoms with Crippen LogP contribution in [0.1, 0.15) is 31.9 Å². The highest BCUT2D eigenvalue weighted by molar-refractivity contribution is 9.10. The van der Waals surface area contributed by atoms with Gasteiger partial charge in [0.05, 0.1) is 5.69 Å². The second-order valence-electron chi connectivity index (χ2n) is 4.70. The Labute approximate surface area is 127 Å². The molecule has 2 aromatic rings. The van der Waals surface area contributed by atoms with Crippen molar-refractivity contribution >= 4 is 27.3 Å². The van der Waals surface area contributed by atoms with Crippen molar-refractivity contribution in [1.82, 2.24) is 4.98 Å². The molecular formula is C15H18BrNOS. The van der Waals surface area contributed by atoms with E-state index in [-0.39, 0.29) is 6.10 Å². The largest absolute Gasteiger partial charge is 0.371 e. The molecular weight excluding hydrogens is 322 g/mol. The van der Waals surface area contributed by atoms with E-state index in [2.05, 4.69) is 47.3 Å². The maximum Gasteiger partial charge on any atom is 0.122 e. The highest BCUT2D eigenvalue weighted by atomic mass is 79.9. The Hall–Kier alpha value is -0.710. The van der Waals surface area contributed by atoms with Crippen LogP contribution in [0.15, 0.2) is 34.1 Å². The molecule has 0 aliphatic heterocycles. The van der Waals surface area contributed by atoms with Gasteiger partial charge in [-0.3, -0.25) is 0 Å². The predicted octanol–water partition coefficient (Wildman–Crippen LogP) is 5.31. The number of nitrogens with zero attached hydrogens (tertiary/aromatic N) is 1. The first-order valence-corrected chi connectivity index (χ1v) is 8.12. The zero-order chi connectivity index (χ0) is 13.8. The second kappa shape index (κ2) is 6.64. The SMILES string of the molecule is CCOC(c1nc(-c2cccc(Br)c2)cs1)C(C)C. The topological polar surface area (TPSA) is 22.1 Å². The van der Waals surface area contributed by atoms with Crippen molar-refractivity contribution in [1.29, 1.82) is 0 Å². The van der Waals surface area contributed by atoms with Gasteiger partial charge in [-0.2, -0.15) is 0 Å². The van der Waals surface area contributed by atoms with Crippen LogP contribution in [-0.2, 0) is 4.74 Å². The van der Waals surface area contributed by atoms with Crippen LogP contribution in [0, 0.1) is 5.92 Å². The van der Waals surface area contributed by atoms with E-state index < -0.39 is 0 Å². The van der Waals surface area contributed by atoms with Crippen molar-refractivity contribution in [2.75, 3.05) is 6.61 Å². The number of hydrogen-bond donors (Lipinski definition) is 0. The maximum absolute atomic E-state index is 5.80. The van der Waals surface area contributed by atoms with E-state index in [4.69, 9.17) is 9.72 Å². The van der Waals surface area contributed by atoms with Gasteiger partial charge in [0.1, 0.15) is 11.1 Å². The molecule has 0 aliphatic carbocycles. The summed E-state index contributed by atoms with van der Waals surface area (Å²) in [7, 11) is 0. The van der Waals surface area contributed by atoms with E-state index in [1.807, 2.05) is 19.1 Å². The molecule has 1 aromatic heterocycles. The van der Waals surface area contributed by atoms with Crippen molar-refractivity contribution in [3.63, 3.8) is 0 Å². The van der Waals surface area contributed by atoms with Gasteiger partial charge in [-0.1, -0.05) is 41.9 Å². The summed E-state index contributed by atoms with van der Waals surface area (Å²) in [4.78, 5) is 4.73. The summed E-state index contributed by atoms with van der Waals surface area (Å²) >= 11 is 5.17. The Morgan fingerprint density at radius 3 is 2.79 bits per heavy atom. The molecule has 1 aromatic carbocycles. The Morgan fingerprint density at radius 2 is 2.16 bits per heavy atom. The normalized spacial score (nSPS) is 12.9. The number of rotatable bonds is 5. The van der Waals surface area contributed by atoms with E-state index in [0.29, 0.717) is 12.5 Å². The zero-order valence-electron chi connectivity index (χ0n) is 11.4. The first kappa shape index (κ1) is 14.7. The fourth-order valence-corrected chi connectivity index (χ4v) is 3.37. The van der Waals surface area contributed by atoms with Crippen LogP contribution in [-0.4, -0.2) is 11.6 Å². The summed E-state index contributed by atoms with van der Waals surface area (Å²) in [6.07, 6.45) is 0.0934. The lowest BCUT2D eigenvalue weighted by molar-refractivity contribution is 0.0293. The van der Waals surface area contributed by atoms with E-state index in [0.717, 1.165) is 20.7 Å². The lowest BCUT2D eigenvalue weighted by Gasteiger charge is -2.18. The fourth-order valence-electron chi connectivity index (χ4n) is 1.93. The van der Waals surface area contributed by atoms with Crippen LogP contribution >= 0.6 is 27.3 Å². The maximum atomic E-state index is 5.80. The highest BCUT2D eigenvalue weighted by Gasteiger charge is 2.19. The van der Waals surface area contributed by atoms with E-state index >= 15 is 0 Å². The second-order valence-corrected chi connectivity index (χ2v) is 6.51. The Morgan fingerprint density at radius 1 is 1.37 bits per heavy atom. The molecule has 0 bridgehead atoms. The third-order valence-corrected chi connectivity index (χ3v) is 4.24. The Bertz CT molecular complexity index is 538. The Kier molecular flexibility index (Phi) is 5.13. The molecule has 1 unspecified atom stereocenters. The first-order valence-electron chi connectivity index (χ1n) is 6.44. The van der Waals surface area contributed by atoms with Crippen LogP contribution in [0.5, 0.6) is 0 Å². The van der Waals surface area contributed by atoms with Crippen molar-refractivity contribution < 1.29 is 4.74 Å². The standard InChI is InChI=1S/C15H18BrNOS/c1-4-18-14(10(2)3)15-17-13(9-19-15)11-6-5-7-12(16)8-11/h5-10,14H,4H2,1-3H3. The number of aromatic nitrogens is 1. The third-order valence-electron chi connectivity index (χ3n) is 2.84. The molecule has 0 aliphatic rings. The summed E-state index contributed by atoms with van der Waals surface area (Å²) in [6.45, 7) is 7.08. The lowest BCUT2D eigenvalue weighted by atomic mass is 10.1. The van der Waals surface area contributed by atoms with Gasteiger partial charge >= 0.3 is 0 Å². The van der Waals surface area contributed by atoms with Crippen LogP contribution in [0.3, 0.4) is 0 Å². The number of thiazole rings is 1. The average molecular weight is 340 g/mol. The van der Waals surface area contributed by atoms with Crippen molar-refractivity contribution in [2.45, 2.75) is 26.9 Å². The van der Waals surface area contributed by atoms with Crippen LogP contribution in [0.4, 0.5) is 0 Å². The fraction of sp³-hybridized carbons (Fsp3) is 0.400. The minimum Gasteiger partial charge on any atom is -0.371 e. The number of ether oxygens (including phenoxy) is 1. The predicted molar refractivity (Wildman–Crippen MR) is 84.5 cm³/mol. The quantitative estimate of drug-likeness (QED) is 0.736. The smallest absolute Gasteiger partial charge is 0.122 e. The van der Waals surface area contributed by atoms with Crippen LogP contribution in [0.25, 0.3) is 11.3 Å². The van der Waals surface area contributed by atoms with Gasteiger partial charge < -0.3 is 4.74 Å². The van der Waals surface area contributed by atoms with Crippen molar-refractivity contribution in [3.05, 3.63) is 39.1 Å². The molecule has 1 atom stereocenters. The average Bonchev–Trinajstić information content (AvgIpc) is 2.84. The molecule has 2 rings (SSSR count). The molecule has 19 heavy (non-hydrogen) atoms. The molecule has 0 N–H and O–H groups in total. The first-order chi connectivity index (χ1) is 9.11. The molecule has 0 saturated carbocycles. The molecule has 0 saturated heterocycles. The number of benzene rings is 1. The third kappa shape index (κ3) is 3.65. The van der Waals surface area contributed by atoms with Gasteiger partial charge in [0.2, 0.25) is 0 Å². The lowest BCUT2D eigenvalue weighted by Crippen LogP contribution is -2.10. The summed E-state index contributed by atoms with van der Waals surface area (Å²) < 4.78 is 6.87. The van der Waals surface area contributed by atoms with Gasteiger partial charge in [0, 0.05) is 22.0 Å². The van der Waals surface area contributed by atoms with Crippen LogP contribution in [0.2, 0.25) is 0 Å². The number of halogens is 1. The monoisotopic (exact) mass is 339 g/mol. The van der Waals surface area contributed by atoms with Gasteiger partial charge in [-0.05, 0) is 25.0 Å². The summed E-state index contributed by atoms with van der Waals surface area (Å²) in [5.41, 5.74) is 2.16. The van der Waals surface area contributed by atoms with Crippen LogP contribution < -0.4 is 0 Å². The van der Waals surface area contributed by atoms with Gasteiger partial charge in [-0.25, -0.2) is 4.98 Å². The van der Waals surface area contributed by atoms with Gasteiger partial charge in [0.15, 0.2) is 0 Å². The minimum absolute atomic E-state index is 0.0934. The summed E-state index contributed by atoms with van der Waals surface area (Å²) in [6, 6.07) is 8.22. The molecule has 0 spiro atoms.